The highest BCUT2D eigenvalue weighted by molar-refractivity contribution is 8.18. The van der Waals surface area contributed by atoms with Gasteiger partial charge in [0.05, 0.1) is 10.7 Å². The van der Waals surface area contributed by atoms with Crippen molar-refractivity contribution in [3.63, 3.8) is 0 Å². The van der Waals surface area contributed by atoms with E-state index >= 15 is 0 Å². The molecule has 4 rings (SSSR count). The van der Waals surface area contributed by atoms with Crippen molar-refractivity contribution in [2.24, 2.45) is 0 Å². The topological polar surface area (TPSA) is 79.4 Å². The SMILES string of the molecule is O=C(CSc1ccc2ccccc2c1)NCCN1C(=O)S/C(=C\c2cccnc2)C1=O. The lowest BCUT2D eigenvalue weighted by Crippen LogP contribution is -2.37. The van der Waals surface area contributed by atoms with Gasteiger partial charge >= 0.3 is 0 Å². The van der Waals surface area contributed by atoms with E-state index in [0.717, 1.165) is 37.9 Å². The van der Waals surface area contributed by atoms with Crippen LogP contribution in [0.25, 0.3) is 16.8 Å². The lowest BCUT2D eigenvalue weighted by atomic mass is 10.1. The van der Waals surface area contributed by atoms with Gasteiger partial charge in [-0.15, -0.1) is 11.8 Å². The molecule has 3 aromatic rings. The van der Waals surface area contributed by atoms with Crippen LogP contribution in [0.3, 0.4) is 0 Å². The van der Waals surface area contributed by atoms with Crippen LogP contribution in [0.5, 0.6) is 0 Å². The van der Waals surface area contributed by atoms with E-state index in [9.17, 15) is 14.4 Å². The summed E-state index contributed by atoms with van der Waals surface area (Å²) in [5, 5.41) is 4.73. The fourth-order valence-electron chi connectivity index (χ4n) is 3.07. The van der Waals surface area contributed by atoms with E-state index in [2.05, 4.69) is 16.4 Å². The number of imide groups is 1. The highest BCUT2D eigenvalue weighted by Gasteiger charge is 2.34. The Morgan fingerprint density at radius 3 is 2.74 bits per heavy atom. The molecule has 156 valence electrons. The monoisotopic (exact) mass is 449 g/mol. The maximum absolute atomic E-state index is 12.5. The van der Waals surface area contributed by atoms with Gasteiger partial charge in [-0.1, -0.05) is 36.4 Å². The average Bonchev–Trinajstić information content (AvgIpc) is 3.05. The molecule has 0 saturated carbocycles. The number of hydrogen-bond acceptors (Lipinski definition) is 6. The van der Waals surface area contributed by atoms with Crippen LogP contribution >= 0.6 is 23.5 Å². The number of pyridine rings is 1. The van der Waals surface area contributed by atoms with Crippen molar-refractivity contribution >= 4 is 57.4 Å². The number of aromatic nitrogens is 1. The summed E-state index contributed by atoms with van der Waals surface area (Å²) in [5.41, 5.74) is 0.756. The smallest absolute Gasteiger partial charge is 0.293 e. The predicted octanol–water partition coefficient (Wildman–Crippen LogP) is 4.18. The number of carbonyl (C=O) groups excluding carboxylic acids is 3. The van der Waals surface area contributed by atoms with E-state index in [1.54, 1.807) is 24.5 Å². The number of amides is 3. The van der Waals surface area contributed by atoms with Crippen LogP contribution in [-0.2, 0) is 9.59 Å². The molecule has 1 saturated heterocycles. The lowest BCUT2D eigenvalue weighted by Gasteiger charge is -2.13. The van der Waals surface area contributed by atoms with Gasteiger partial charge < -0.3 is 5.32 Å². The maximum Gasteiger partial charge on any atom is 0.293 e. The highest BCUT2D eigenvalue weighted by atomic mass is 32.2. The van der Waals surface area contributed by atoms with Crippen LogP contribution in [0, 0.1) is 0 Å². The second-order valence-corrected chi connectivity index (χ2v) is 8.81. The minimum atomic E-state index is -0.348. The fourth-order valence-corrected chi connectivity index (χ4v) is 4.71. The van der Waals surface area contributed by atoms with E-state index in [4.69, 9.17) is 0 Å². The Labute approximate surface area is 188 Å². The Bertz CT molecular complexity index is 1160. The molecular weight excluding hydrogens is 430 g/mol. The molecule has 0 atom stereocenters. The van der Waals surface area contributed by atoms with Gasteiger partial charge in [-0.3, -0.25) is 24.3 Å². The molecule has 1 aliphatic heterocycles. The van der Waals surface area contributed by atoms with Crippen molar-refractivity contribution in [1.82, 2.24) is 15.2 Å². The van der Waals surface area contributed by atoms with Crippen molar-refractivity contribution in [3.8, 4) is 0 Å². The zero-order valence-corrected chi connectivity index (χ0v) is 18.1. The average molecular weight is 450 g/mol. The normalized spacial score (nSPS) is 15.1. The van der Waals surface area contributed by atoms with Gasteiger partial charge in [0, 0.05) is 30.4 Å². The first-order valence-electron chi connectivity index (χ1n) is 9.64. The molecule has 1 aliphatic rings. The largest absolute Gasteiger partial charge is 0.354 e. The minimum absolute atomic E-state index is 0.140. The van der Waals surface area contributed by atoms with Crippen molar-refractivity contribution in [3.05, 3.63) is 77.5 Å². The van der Waals surface area contributed by atoms with Crippen molar-refractivity contribution in [1.29, 1.82) is 0 Å². The van der Waals surface area contributed by atoms with Gasteiger partial charge in [-0.25, -0.2) is 0 Å². The van der Waals surface area contributed by atoms with Crippen LogP contribution in [0.1, 0.15) is 5.56 Å². The predicted molar refractivity (Wildman–Crippen MR) is 125 cm³/mol. The third-order valence-electron chi connectivity index (χ3n) is 4.60. The molecule has 1 fully saturated rings. The van der Waals surface area contributed by atoms with Crippen LogP contribution in [0.15, 0.2) is 76.8 Å². The first-order valence-corrected chi connectivity index (χ1v) is 11.4. The van der Waals surface area contributed by atoms with Crippen LogP contribution < -0.4 is 5.32 Å². The Balaban J connectivity index is 1.25. The Morgan fingerprint density at radius 1 is 1.10 bits per heavy atom. The minimum Gasteiger partial charge on any atom is -0.354 e. The van der Waals surface area contributed by atoms with E-state index in [0.29, 0.717) is 4.91 Å². The number of hydrogen-bond donors (Lipinski definition) is 1. The molecule has 0 unspecified atom stereocenters. The van der Waals surface area contributed by atoms with Gasteiger partial charge in [0.1, 0.15) is 0 Å². The Morgan fingerprint density at radius 2 is 1.94 bits per heavy atom. The number of nitrogens with zero attached hydrogens (tertiary/aromatic N) is 2. The molecule has 0 radical (unpaired) electrons. The summed E-state index contributed by atoms with van der Waals surface area (Å²) in [7, 11) is 0. The number of carbonyl (C=O) groups is 3. The first kappa shape index (κ1) is 21.1. The van der Waals surface area contributed by atoms with Crippen molar-refractivity contribution in [2.45, 2.75) is 4.90 Å². The number of nitrogens with one attached hydrogen (secondary N) is 1. The first-order chi connectivity index (χ1) is 15.1. The lowest BCUT2D eigenvalue weighted by molar-refractivity contribution is -0.123. The van der Waals surface area contributed by atoms with E-state index in [1.165, 1.54) is 11.8 Å². The summed E-state index contributed by atoms with van der Waals surface area (Å²) >= 11 is 2.35. The quantitative estimate of drug-likeness (QED) is 0.431. The van der Waals surface area contributed by atoms with E-state index < -0.39 is 0 Å². The zero-order valence-electron chi connectivity index (χ0n) is 16.5. The van der Waals surface area contributed by atoms with Gasteiger partial charge in [-0.2, -0.15) is 0 Å². The number of fused-ring (bicyclic) bond motifs is 1. The zero-order chi connectivity index (χ0) is 21.6. The molecule has 1 aromatic heterocycles. The third kappa shape index (κ3) is 5.34. The summed E-state index contributed by atoms with van der Waals surface area (Å²) in [6, 6.07) is 17.7. The summed E-state index contributed by atoms with van der Waals surface area (Å²) in [6.45, 7) is 0.358. The van der Waals surface area contributed by atoms with Gasteiger partial charge in [-0.05, 0) is 52.4 Å². The molecule has 0 aliphatic carbocycles. The number of rotatable bonds is 7. The summed E-state index contributed by atoms with van der Waals surface area (Å²) in [4.78, 5) is 43.4. The second-order valence-electron chi connectivity index (χ2n) is 6.77. The van der Waals surface area contributed by atoms with Crippen molar-refractivity contribution in [2.75, 3.05) is 18.8 Å². The van der Waals surface area contributed by atoms with Crippen LogP contribution in [0.2, 0.25) is 0 Å². The standard InChI is InChI=1S/C23H19N3O3S2/c27-21(15-30-19-8-7-17-5-1-2-6-18(17)13-19)25-10-11-26-22(28)20(31-23(26)29)12-16-4-3-9-24-14-16/h1-9,12-14H,10-11,15H2,(H,25,27)/b20-12-. The van der Waals surface area contributed by atoms with Crippen molar-refractivity contribution < 1.29 is 14.4 Å². The molecule has 2 heterocycles. The molecule has 6 nitrogen and oxygen atoms in total. The van der Waals surface area contributed by atoms with Gasteiger partial charge in [0.15, 0.2) is 0 Å². The van der Waals surface area contributed by atoms with Gasteiger partial charge in [0.2, 0.25) is 5.91 Å². The summed E-state index contributed by atoms with van der Waals surface area (Å²) < 4.78 is 0. The number of benzene rings is 2. The maximum atomic E-state index is 12.5. The molecule has 3 amide bonds. The van der Waals surface area contributed by atoms with Crippen LogP contribution in [0.4, 0.5) is 4.79 Å². The fraction of sp³-hybridized carbons (Fsp3) is 0.130. The molecule has 1 N–H and O–H groups in total. The highest BCUT2D eigenvalue weighted by Crippen LogP contribution is 2.31. The Kier molecular flexibility index (Phi) is 6.69. The van der Waals surface area contributed by atoms with E-state index in [1.807, 2.05) is 42.5 Å². The molecule has 0 bridgehead atoms. The number of thioether (sulfide) groups is 2. The second kappa shape index (κ2) is 9.80. The van der Waals surface area contributed by atoms with Gasteiger partial charge in [0.25, 0.3) is 11.1 Å². The molecule has 8 heteroatoms. The summed E-state index contributed by atoms with van der Waals surface area (Å²) in [6.07, 6.45) is 4.92. The molecule has 2 aromatic carbocycles. The molecule has 31 heavy (non-hydrogen) atoms. The molecular formula is C23H19N3O3S2. The molecule has 0 spiro atoms. The Hall–Kier alpha value is -3.10. The third-order valence-corrected chi connectivity index (χ3v) is 6.51. The van der Waals surface area contributed by atoms with Crippen LogP contribution in [-0.4, -0.2) is 45.8 Å². The summed E-state index contributed by atoms with van der Waals surface area (Å²) in [5.74, 6) is -0.226. The van der Waals surface area contributed by atoms with E-state index in [-0.39, 0.29) is 35.9 Å².